The molecule has 0 spiro atoms. The molecule has 28 heavy (non-hydrogen) atoms. The number of nitrogens with zero attached hydrogens (tertiary/aromatic N) is 1. The van der Waals surface area contributed by atoms with E-state index in [-0.39, 0.29) is 4.90 Å². The lowest BCUT2D eigenvalue weighted by atomic mass is 10.1. The van der Waals surface area contributed by atoms with E-state index in [1.165, 1.54) is 5.56 Å². The van der Waals surface area contributed by atoms with Gasteiger partial charge in [-0.2, -0.15) is 0 Å². The van der Waals surface area contributed by atoms with E-state index < -0.39 is 10.0 Å². The maximum atomic E-state index is 12.6. The Labute approximate surface area is 166 Å². The van der Waals surface area contributed by atoms with Crippen LogP contribution in [0.5, 0.6) is 0 Å². The molecule has 1 heterocycles. The molecular formula is C22H25N3O2S. The maximum absolute atomic E-state index is 12.6. The Morgan fingerprint density at radius 1 is 0.964 bits per heavy atom. The number of anilines is 2. The SMILES string of the molecule is Cc1ccc(C)c(S(=O)(=O)Nc2ccc(NCCCc3ccccc3)cn2)c1. The van der Waals surface area contributed by atoms with Gasteiger partial charge < -0.3 is 5.32 Å². The molecule has 0 radical (unpaired) electrons. The molecular weight excluding hydrogens is 370 g/mol. The van der Waals surface area contributed by atoms with E-state index in [9.17, 15) is 8.42 Å². The smallest absolute Gasteiger partial charge is 0.263 e. The lowest BCUT2D eigenvalue weighted by molar-refractivity contribution is 0.600. The number of benzene rings is 2. The summed E-state index contributed by atoms with van der Waals surface area (Å²) in [6.45, 7) is 4.48. The molecule has 1 aromatic heterocycles. The molecule has 0 aliphatic rings. The molecule has 5 nitrogen and oxygen atoms in total. The Bertz CT molecular complexity index is 1020. The van der Waals surface area contributed by atoms with Crippen LogP contribution in [0.15, 0.2) is 71.8 Å². The minimum Gasteiger partial charge on any atom is -0.384 e. The van der Waals surface area contributed by atoms with Crippen LogP contribution in [0.2, 0.25) is 0 Å². The van der Waals surface area contributed by atoms with Crippen LogP contribution in [0.4, 0.5) is 11.5 Å². The number of aromatic nitrogens is 1. The number of nitrogens with one attached hydrogen (secondary N) is 2. The largest absolute Gasteiger partial charge is 0.384 e. The third-order valence-corrected chi connectivity index (χ3v) is 5.95. The molecule has 0 unspecified atom stereocenters. The van der Waals surface area contributed by atoms with Crippen LogP contribution in [0.1, 0.15) is 23.1 Å². The lowest BCUT2D eigenvalue weighted by Gasteiger charge is -2.11. The van der Waals surface area contributed by atoms with E-state index >= 15 is 0 Å². The molecule has 6 heteroatoms. The van der Waals surface area contributed by atoms with Crippen molar-refractivity contribution in [2.45, 2.75) is 31.6 Å². The van der Waals surface area contributed by atoms with Gasteiger partial charge in [-0.15, -0.1) is 0 Å². The van der Waals surface area contributed by atoms with E-state index in [0.29, 0.717) is 11.4 Å². The van der Waals surface area contributed by atoms with Gasteiger partial charge in [0.25, 0.3) is 10.0 Å². The van der Waals surface area contributed by atoms with Crippen molar-refractivity contribution >= 4 is 21.5 Å². The molecule has 0 aliphatic heterocycles. The van der Waals surface area contributed by atoms with Gasteiger partial charge in [0.2, 0.25) is 0 Å². The van der Waals surface area contributed by atoms with Gasteiger partial charge in [0.1, 0.15) is 5.82 Å². The molecule has 0 saturated heterocycles. The molecule has 0 amide bonds. The van der Waals surface area contributed by atoms with Crippen molar-refractivity contribution in [2.24, 2.45) is 0 Å². The first-order valence-corrected chi connectivity index (χ1v) is 10.8. The first-order chi connectivity index (χ1) is 13.4. The van der Waals surface area contributed by atoms with Crippen molar-refractivity contribution in [1.29, 1.82) is 0 Å². The van der Waals surface area contributed by atoms with E-state index in [1.54, 1.807) is 31.3 Å². The highest BCUT2D eigenvalue weighted by Crippen LogP contribution is 2.20. The van der Waals surface area contributed by atoms with E-state index in [4.69, 9.17) is 0 Å². The van der Waals surface area contributed by atoms with E-state index in [0.717, 1.165) is 30.6 Å². The predicted octanol–water partition coefficient (Wildman–Crippen LogP) is 4.54. The number of sulfonamides is 1. The van der Waals surface area contributed by atoms with Crippen LogP contribution in [-0.4, -0.2) is 19.9 Å². The summed E-state index contributed by atoms with van der Waals surface area (Å²) < 4.78 is 27.8. The standard InChI is InChI=1S/C22H25N3O2S/c1-17-10-11-18(2)21(15-17)28(26,27)25-22-13-12-20(16-24-22)23-14-6-9-19-7-4-3-5-8-19/h3-5,7-8,10-13,15-16,23H,6,9,14H2,1-2H3,(H,24,25). The maximum Gasteiger partial charge on any atom is 0.263 e. The average molecular weight is 396 g/mol. The molecule has 0 atom stereocenters. The zero-order valence-corrected chi connectivity index (χ0v) is 17.0. The Hall–Kier alpha value is -2.86. The van der Waals surface area contributed by atoms with Gasteiger partial charge in [-0.25, -0.2) is 13.4 Å². The fourth-order valence-corrected chi connectivity index (χ4v) is 4.26. The second-order valence-corrected chi connectivity index (χ2v) is 8.47. The highest BCUT2D eigenvalue weighted by atomic mass is 32.2. The number of pyridine rings is 1. The third kappa shape index (κ3) is 5.33. The Morgan fingerprint density at radius 3 is 2.46 bits per heavy atom. The fraction of sp³-hybridized carbons (Fsp3) is 0.227. The molecule has 0 saturated carbocycles. The summed E-state index contributed by atoms with van der Waals surface area (Å²) in [5, 5.41) is 3.31. The molecule has 2 aromatic carbocycles. The zero-order valence-electron chi connectivity index (χ0n) is 16.1. The third-order valence-electron chi connectivity index (χ3n) is 4.45. The summed E-state index contributed by atoms with van der Waals surface area (Å²) in [7, 11) is -3.66. The molecule has 0 bridgehead atoms. The highest BCUT2D eigenvalue weighted by Gasteiger charge is 2.17. The summed E-state index contributed by atoms with van der Waals surface area (Å²) in [5.41, 5.74) is 3.78. The van der Waals surface area contributed by atoms with Crippen molar-refractivity contribution in [3.63, 3.8) is 0 Å². The highest BCUT2D eigenvalue weighted by molar-refractivity contribution is 7.92. The first kappa shape index (κ1) is 19.9. The lowest BCUT2D eigenvalue weighted by Crippen LogP contribution is -2.15. The van der Waals surface area contributed by atoms with Gasteiger partial charge in [-0.3, -0.25) is 4.72 Å². The van der Waals surface area contributed by atoms with Crippen molar-refractivity contribution in [2.75, 3.05) is 16.6 Å². The molecule has 146 valence electrons. The minimum atomic E-state index is -3.66. The average Bonchev–Trinajstić information content (AvgIpc) is 2.69. The van der Waals surface area contributed by atoms with Crippen LogP contribution >= 0.6 is 0 Å². The van der Waals surface area contributed by atoms with Crippen molar-refractivity contribution in [1.82, 2.24) is 4.98 Å². The number of hydrogen-bond donors (Lipinski definition) is 2. The van der Waals surface area contributed by atoms with Gasteiger partial charge in [0.15, 0.2) is 0 Å². The minimum absolute atomic E-state index is 0.275. The van der Waals surface area contributed by atoms with Gasteiger partial charge in [-0.05, 0) is 61.6 Å². The number of rotatable bonds is 8. The van der Waals surface area contributed by atoms with E-state index in [1.807, 2.05) is 37.3 Å². The molecule has 0 aliphatic carbocycles. The van der Waals surface area contributed by atoms with E-state index in [2.05, 4.69) is 27.2 Å². The fourth-order valence-electron chi connectivity index (χ4n) is 2.92. The topological polar surface area (TPSA) is 71.1 Å². The summed E-state index contributed by atoms with van der Waals surface area (Å²) in [6, 6.07) is 19.2. The van der Waals surface area contributed by atoms with Crippen LogP contribution in [0.3, 0.4) is 0 Å². The van der Waals surface area contributed by atoms with Gasteiger partial charge in [-0.1, -0.05) is 42.5 Å². The summed E-state index contributed by atoms with van der Waals surface area (Å²) in [5.74, 6) is 0.302. The van der Waals surface area contributed by atoms with Crippen LogP contribution in [-0.2, 0) is 16.4 Å². The molecule has 3 aromatic rings. The summed E-state index contributed by atoms with van der Waals surface area (Å²) in [4.78, 5) is 4.50. The van der Waals surface area contributed by atoms with Crippen LogP contribution < -0.4 is 10.0 Å². The summed E-state index contributed by atoms with van der Waals surface area (Å²) in [6.07, 6.45) is 3.66. The van der Waals surface area contributed by atoms with Crippen molar-refractivity contribution < 1.29 is 8.42 Å². The normalized spacial score (nSPS) is 11.2. The van der Waals surface area contributed by atoms with Crippen molar-refractivity contribution in [3.05, 3.63) is 83.6 Å². The zero-order chi connectivity index (χ0) is 20.0. The summed E-state index contributed by atoms with van der Waals surface area (Å²) >= 11 is 0. The Morgan fingerprint density at radius 2 is 1.75 bits per heavy atom. The van der Waals surface area contributed by atoms with Crippen LogP contribution in [0, 0.1) is 13.8 Å². The number of hydrogen-bond acceptors (Lipinski definition) is 4. The Balaban J connectivity index is 1.56. The van der Waals surface area contributed by atoms with Crippen LogP contribution in [0.25, 0.3) is 0 Å². The quantitative estimate of drug-likeness (QED) is 0.549. The Kier molecular flexibility index (Phi) is 6.31. The first-order valence-electron chi connectivity index (χ1n) is 9.28. The van der Waals surface area contributed by atoms with Crippen molar-refractivity contribution in [3.8, 4) is 0 Å². The second-order valence-electron chi connectivity index (χ2n) is 6.82. The van der Waals surface area contributed by atoms with Gasteiger partial charge in [0, 0.05) is 6.54 Å². The second kappa shape index (κ2) is 8.89. The number of aryl methyl sites for hydroxylation is 3. The predicted molar refractivity (Wildman–Crippen MR) is 114 cm³/mol. The van der Waals surface area contributed by atoms with Gasteiger partial charge >= 0.3 is 0 Å². The molecule has 2 N–H and O–H groups in total. The molecule has 0 fully saturated rings. The molecule has 3 rings (SSSR count). The van der Waals surface area contributed by atoms with Gasteiger partial charge in [0.05, 0.1) is 16.8 Å². The monoisotopic (exact) mass is 395 g/mol.